The van der Waals surface area contributed by atoms with Crippen molar-refractivity contribution in [3.8, 4) is 0 Å². The van der Waals surface area contributed by atoms with Crippen molar-refractivity contribution in [1.82, 2.24) is 20.1 Å². The zero-order valence-electron chi connectivity index (χ0n) is 17.8. The molecule has 0 radical (unpaired) electrons. The van der Waals surface area contributed by atoms with E-state index in [1.54, 1.807) is 6.20 Å². The molecule has 1 fully saturated rings. The van der Waals surface area contributed by atoms with Gasteiger partial charge in [-0.3, -0.25) is 4.98 Å². The van der Waals surface area contributed by atoms with E-state index in [-0.39, 0.29) is 18.1 Å². The number of benzene rings is 2. The number of likely N-dealkylation sites (tertiary alicyclic amines) is 1. The number of nitrogens with zero attached hydrogens (tertiary/aromatic N) is 3. The first kappa shape index (κ1) is 20.4. The maximum absolute atomic E-state index is 13.4. The van der Waals surface area contributed by atoms with Gasteiger partial charge in [-0.15, -0.1) is 0 Å². The van der Waals surface area contributed by atoms with Gasteiger partial charge in [-0.25, -0.2) is 4.79 Å². The van der Waals surface area contributed by atoms with Gasteiger partial charge in [0.1, 0.15) is 0 Å². The number of piperidine rings is 1. The molecule has 2 aromatic carbocycles. The van der Waals surface area contributed by atoms with Crippen molar-refractivity contribution < 1.29 is 4.79 Å². The first-order valence-corrected chi connectivity index (χ1v) is 10.7. The van der Waals surface area contributed by atoms with Gasteiger partial charge >= 0.3 is 6.03 Å². The van der Waals surface area contributed by atoms with Crippen LogP contribution in [-0.4, -0.2) is 47.0 Å². The highest BCUT2D eigenvalue weighted by molar-refractivity contribution is 5.86. The van der Waals surface area contributed by atoms with Crippen molar-refractivity contribution in [3.05, 3.63) is 78.1 Å². The summed E-state index contributed by atoms with van der Waals surface area (Å²) in [7, 11) is 2.14. The number of urea groups is 1. The first-order valence-electron chi connectivity index (χ1n) is 10.7. The van der Waals surface area contributed by atoms with E-state index in [2.05, 4.69) is 59.5 Å². The molecule has 1 aliphatic rings. The minimum absolute atomic E-state index is 0.0179. The monoisotopic (exact) mass is 402 g/mol. The van der Waals surface area contributed by atoms with Crippen molar-refractivity contribution in [2.75, 3.05) is 20.1 Å². The van der Waals surface area contributed by atoms with E-state index in [1.165, 1.54) is 10.8 Å². The van der Waals surface area contributed by atoms with Gasteiger partial charge in [0.15, 0.2) is 0 Å². The molecule has 0 bridgehead atoms. The van der Waals surface area contributed by atoms with Gasteiger partial charge < -0.3 is 15.1 Å². The summed E-state index contributed by atoms with van der Waals surface area (Å²) in [6.45, 7) is 4.61. The summed E-state index contributed by atoms with van der Waals surface area (Å²) in [4.78, 5) is 22.2. The third kappa shape index (κ3) is 4.62. The fraction of sp³-hybridized carbons (Fsp3) is 0.360. The minimum Gasteiger partial charge on any atom is -0.331 e. The molecule has 1 atom stereocenters. The lowest BCUT2D eigenvalue weighted by atomic mass is 9.99. The molecule has 1 aromatic heterocycles. The zero-order valence-corrected chi connectivity index (χ0v) is 17.8. The number of hydrogen-bond donors (Lipinski definition) is 1. The lowest BCUT2D eigenvalue weighted by Gasteiger charge is -2.37. The molecule has 156 valence electrons. The minimum atomic E-state index is -0.0823. The summed E-state index contributed by atoms with van der Waals surface area (Å²) < 4.78 is 0. The van der Waals surface area contributed by atoms with E-state index in [0.717, 1.165) is 37.2 Å². The molecule has 1 unspecified atom stereocenters. The van der Waals surface area contributed by atoms with Gasteiger partial charge in [-0.05, 0) is 68.4 Å². The lowest BCUT2D eigenvalue weighted by molar-refractivity contribution is 0.124. The van der Waals surface area contributed by atoms with Gasteiger partial charge in [0.25, 0.3) is 0 Å². The number of fused-ring (bicyclic) bond motifs is 1. The highest BCUT2D eigenvalue weighted by Crippen LogP contribution is 2.25. The average Bonchev–Trinajstić information content (AvgIpc) is 2.78. The number of nitrogens with one attached hydrogen (secondary N) is 1. The summed E-state index contributed by atoms with van der Waals surface area (Å²) in [5.74, 6) is 0. The number of rotatable bonds is 5. The van der Waals surface area contributed by atoms with Gasteiger partial charge in [0, 0.05) is 12.2 Å². The van der Waals surface area contributed by atoms with Crippen LogP contribution in [0.4, 0.5) is 4.79 Å². The van der Waals surface area contributed by atoms with Crippen LogP contribution in [0, 0.1) is 0 Å². The molecule has 3 aromatic rings. The van der Waals surface area contributed by atoms with Gasteiger partial charge in [0.05, 0.1) is 18.3 Å². The van der Waals surface area contributed by atoms with Crippen molar-refractivity contribution in [1.29, 1.82) is 0 Å². The second-order valence-corrected chi connectivity index (χ2v) is 8.22. The number of carbonyl (C=O) groups is 1. The number of pyridine rings is 1. The second-order valence-electron chi connectivity index (χ2n) is 8.22. The van der Waals surface area contributed by atoms with Crippen LogP contribution in [-0.2, 0) is 6.54 Å². The molecule has 0 aliphatic carbocycles. The Kier molecular flexibility index (Phi) is 6.29. The Balaban J connectivity index is 1.54. The first-order chi connectivity index (χ1) is 14.6. The summed E-state index contributed by atoms with van der Waals surface area (Å²) in [6, 6.07) is 20.6. The molecule has 1 saturated heterocycles. The van der Waals surface area contributed by atoms with Crippen LogP contribution < -0.4 is 5.32 Å². The summed E-state index contributed by atoms with van der Waals surface area (Å²) in [5.41, 5.74) is 2.06. The van der Waals surface area contributed by atoms with Crippen LogP contribution in [0.3, 0.4) is 0 Å². The van der Waals surface area contributed by atoms with E-state index in [0.29, 0.717) is 6.54 Å². The van der Waals surface area contributed by atoms with Crippen LogP contribution in [0.5, 0.6) is 0 Å². The predicted molar refractivity (Wildman–Crippen MR) is 121 cm³/mol. The van der Waals surface area contributed by atoms with Gasteiger partial charge in [0.2, 0.25) is 0 Å². The van der Waals surface area contributed by atoms with Crippen LogP contribution in [0.2, 0.25) is 0 Å². The topological polar surface area (TPSA) is 48.5 Å². The zero-order chi connectivity index (χ0) is 20.9. The highest BCUT2D eigenvalue weighted by atomic mass is 16.2. The second kappa shape index (κ2) is 9.26. The molecule has 2 heterocycles. The predicted octanol–water partition coefficient (Wildman–Crippen LogP) is 4.60. The molecular formula is C25H30N4O. The van der Waals surface area contributed by atoms with E-state index >= 15 is 0 Å². The maximum atomic E-state index is 13.4. The highest BCUT2D eigenvalue weighted by Gasteiger charge is 2.28. The third-order valence-electron chi connectivity index (χ3n) is 6.08. The van der Waals surface area contributed by atoms with E-state index in [1.807, 2.05) is 35.2 Å². The molecule has 4 rings (SSSR count). The normalized spacial score (nSPS) is 16.3. The Labute approximate surface area is 178 Å². The van der Waals surface area contributed by atoms with Crippen LogP contribution >= 0.6 is 0 Å². The van der Waals surface area contributed by atoms with E-state index in [9.17, 15) is 4.79 Å². The Morgan fingerprint density at radius 3 is 2.60 bits per heavy atom. The molecule has 1 N–H and O–H groups in total. The van der Waals surface area contributed by atoms with Crippen molar-refractivity contribution >= 4 is 16.8 Å². The smallest absolute Gasteiger partial charge is 0.318 e. The molecule has 2 amide bonds. The lowest BCUT2D eigenvalue weighted by Crippen LogP contribution is -2.50. The van der Waals surface area contributed by atoms with Crippen molar-refractivity contribution in [3.63, 3.8) is 0 Å². The van der Waals surface area contributed by atoms with Crippen molar-refractivity contribution in [2.45, 2.75) is 38.4 Å². The molecule has 5 heteroatoms. The maximum Gasteiger partial charge on any atom is 0.318 e. The largest absolute Gasteiger partial charge is 0.331 e. The number of aromatic nitrogens is 1. The Bertz CT molecular complexity index is 977. The molecule has 5 nitrogen and oxygen atoms in total. The quantitative estimate of drug-likeness (QED) is 0.678. The number of amides is 2. The Morgan fingerprint density at radius 1 is 1.10 bits per heavy atom. The van der Waals surface area contributed by atoms with Crippen molar-refractivity contribution in [2.24, 2.45) is 0 Å². The third-order valence-corrected chi connectivity index (χ3v) is 6.08. The Hall–Kier alpha value is -2.92. The fourth-order valence-electron chi connectivity index (χ4n) is 4.31. The van der Waals surface area contributed by atoms with Gasteiger partial charge in [-0.2, -0.15) is 0 Å². The Morgan fingerprint density at radius 2 is 1.83 bits per heavy atom. The molecule has 0 saturated carbocycles. The number of hydrogen-bond acceptors (Lipinski definition) is 3. The number of carbonyl (C=O) groups excluding carboxylic acids is 1. The van der Waals surface area contributed by atoms with Gasteiger partial charge in [-0.1, -0.05) is 48.5 Å². The summed E-state index contributed by atoms with van der Waals surface area (Å²) in [6.07, 6.45) is 3.76. The molecule has 30 heavy (non-hydrogen) atoms. The van der Waals surface area contributed by atoms with Crippen LogP contribution in [0.1, 0.15) is 37.1 Å². The summed E-state index contributed by atoms with van der Waals surface area (Å²) >= 11 is 0. The standard InChI is InChI=1S/C25H30N4O/c1-19(23-12-7-9-20-8-3-4-11-24(20)23)27-25(30)29(18-21-10-5-6-15-26-21)22-13-16-28(2)17-14-22/h3-12,15,19,22H,13-14,16-18H2,1-2H3,(H,27,30). The summed E-state index contributed by atoms with van der Waals surface area (Å²) in [5, 5.41) is 5.64. The molecular weight excluding hydrogens is 372 g/mol. The average molecular weight is 403 g/mol. The van der Waals surface area contributed by atoms with Crippen LogP contribution in [0.15, 0.2) is 66.9 Å². The van der Waals surface area contributed by atoms with Crippen LogP contribution in [0.25, 0.3) is 10.8 Å². The SMILES string of the molecule is CC(NC(=O)N(Cc1ccccn1)C1CCN(C)CC1)c1cccc2ccccc12. The molecule has 0 spiro atoms. The van der Waals surface area contributed by atoms with E-state index < -0.39 is 0 Å². The van der Waals surface area contributed by atoms with E-state index in [4.69, 9.17) is 0 Å². The molecule has 1 aliphatic heterocycles. The fourth-order valence-corrected chi connectivity index (χ4v) is 4.31.